The fourth-order valence-electron chi connectivity index (χ4n) is 0.572. The highest BCUT2D eigenvalue weighted by atomic mass is 32.2. The van der Waals surface area contributed by atoms with Gasteiger partial charge in [-0.3, -0.25) is 0 Å². The van der Waals surface area contributed by atoms with Crippen LogP contribution in [0.25, 0.3) is 0 Å². The molecule has 0 heterocycles. The quantitative estimate of drug-likeness (QED) is 0.479. The molecule has 0 aliphatic rings. The van der Waals surface area contributed by atoms with Gasteiger partial charge in [-0.05, 0) is 12.8 Å². The Labute approximate surface area is 60.4 Å². The van der Waals surface area contributed by atoms with Gasteiger partial charge in [0.1, 0.15) is 0 Å². The summed E-state index contributed by atoms with van der Waals surface area (Å²) in [5.41, 5.74) is 6.52. The smallest absolute Gasteiger partial charge is 0.0284 e. The summed E-state index contributed by atoms with van der Waals surface area (Å²) in [7, 11) is 0. The average Bonchev–Trinajstić information content (AvgIpc) is 1.63. The predicted octanol–water partition coefficient (Wildman–Crippen LogP) is 3.23. The Hall–Kier alpha value is -0.310. The molecule has 0 radical (unpaired) electrons. The minimum Gasteiger partial charge on any atom is -0.197 e. The molecule has 52 valence electrons. The zero-order chi connectivity index (χ0) is 7.28. The summed E-state index contributed by atoms with van der Waals surface area (Å²) in [5, 5.41) is 0. The van der Waals surface area contributed by atoms with Gasteiger partial charge in [-0.25, -0.2) is 0 Å². The average molecular weight is 144 g/mol. The van der Waals surface area contributed by atoms with E-state index < -0.39 is 0 Å². The Morgan fingerprint density at radius 2 is 2.22 bits per heavy atom. The third kappa shape index (κ3) is 5.56. The number of hydrogen-bond acceptors (Lipinski definition) is 3. The van der Waals surface area contributed by atoms with Crippen LogP contribution in [0.4, 0.5) is 0 Å². The number of rotatable bonds is 3. The van der Waals surface area contributed by atoms with Crippen molar-refractivity contribution in [3.8, 4) is 0 Å². The predicted molar refractivity (Wildman–Crippen MR) is 41.3 cm³/mol. The summed E-state index contributed by atoms with van der Waals surface area (Å²) < 4.78 is 3.19. The molecule has 0 aliphatic carbocycles. The Morgan fingerprint density at radius 3 is 2.56 bits per heavy atom. The van der Waals surface area contributed by atoms with Crippen LogP contribution >= 0.6 is 11.9 Å². The van der Waals surface area contributed by atoms with Gasteiger partial charge in [0, 0.05) is 16.9 Å². The lowest BCUT2D eigenvalue weighted by Crippen LogP contribution is -1.78. The van der Waals surface area contributed by atoms with Crippen LogP contribution in [0.15, 0.2) is 15.5 Å². The minimum atomic E-state index is 0.555. The van der Waals surface area contributed by atoms with Crippen molar-refractivity contribution in [1.82, 2.24) is 0 Å². The lowest BCUT2D eigenvalue weighted by atomic mass is 10.2. The molecule has 0 aliphatic heterocycles. The van der Waals surface area contributed by atoms with Crippen molar-refractivity contribution >= 4 is 11.9 Å². The molecule has 0 aromatic carbocycles. The van der Waals surface area contributed by atoms with Gasteiger partial charge in [0.2, 0.25) is 0 Å². The SMILES string of the molecule is C/C(=C/C(C)C)SN=N. The highest BCUT2D eigenvalue weighted by molar-refractivity contribution is 8.01. The molecule has 0 aromatic rings. The molecular weight excluding hydrogens is 132 g/mol. The summed E-state index contributed by atoms with van der Waals surface area (Å²) in [6.45, 7) is 6.17. The molecule has 0 rings (SSSR count). The van der Waals surface area contributed by atoms with Gasteiger partial charge in [-0.15, -0.1) is 4.52 Å². The van der Waals surface area contributed by atoms with E-state index in [4.69, 9.17) is 5.53 Å². The second kappa shape index (κ2) is 4.56. The minimum absolute atomic E-state index is 0.555. The van der Waals surface area contributed by atoms with Crippen molar-refractivity contribution in [3.63, 3.8) is 0 Å². The number of allylic oxidation sites excluding steroid dienone is 2. The first kappa shape index (κ1) is 8.69. The highest BCUT2D eigenvalue weighted by Gasteiger charge is 1.89. The molecule has 0 aromatic heterocycles. The molecule has 3 heteroatoms. The van der Waals surface area contributed by atoms with Crippen molar-refractivity contribution in [1.29, 1.82) is 5.53 Å². The maximum absolute atomic E-state index is 6.52. The van der Waals surface area contributed by atoms with Crippen LogP contribution in [0.1, 0.15) is 20.8 Å². The normalized spacial score (nSPS) is 12.2. The molecule has 0 spiro atoms. The van der Waals surface area contributed by atoms with E-state index >= 15 is 0 Å². The molecule has 9 heavy (non-hydrogen) atoms. The van der Waals surface area contributed by atoms with Crippen molar-refractivity contribution in [3.05, 3.63) is 11.0 Å². The third-order valence-corrected chi connectivity index (χ3v) is 1.27. The first-order valence-electron chi connectivity index (χ1n) is 2.89. The van der Waals surface area contributed by atoms with Gasteiger partial charge in [0.15, 0.2) is 0 Å². The van der Waals surface area contributed by atoms with Gasteiger partial charge in [0.25, 0.3) is 0 Å². The number of nitrogens with zero attached hydrogens (tertiary/aromatic N) is 1. The van der Waals surface area contributed by atoms with Gasteiger partial charge >= 0.3 is 0 Å². The standard InChI is InChI=1S/C6H12N2S/c1-5(2)4-6(3)9-8-7/h4-5,7H,1-3H3/b6-4-,8-7?. The largest absolute Gasteiger partial charge is 0.197 e. The Bertz CT molecular complexity index is 118. The lowest BCUT2D eigenvalue weighted by molar-refractivity contribution is 0.828. The molecule has 0 saturated carbocycles. The molecule has 0 unspecified atom stereocenters. The lowest BCUT2D eigenvalue weighted by Gasteiger charge is -1.95. The van der Waals surface area contributed by atoms with Crippen molar-refractivity contribution in [2.24, 2.45) is 10.4 Å². The fraction of sp³-hybridized carbons (Fsp3) is 0.667. The van der Waals surface area contributed by atoms with Crippen LogP contribution in [0.2, 0.25) is 0 Å². The number of nitrogens with one attached hydrogen (secondary N) is 1. The van der Waals surface area contributed by atoms with E-state index in [1.807, 2.05) is 6.92 Å². The van der Waals surface area contributed by atoms with Crippen LogP contribution in [0, 0.1) is 11.4 Å². The second-order valence-corrected chi connectivity index (χ2v) is 3.21. The van der Waals surface area contributed by atoms with Gasteiger partial charge < -0.3 is 0 Å². The van der Waals surface area contributed by atoms with Gasteiger partial charge in [-0.1, -0.05) is 19.9 Å². The maximum atomic E-state index is 6.52. The van der Waals surface area contributed by atoms with Gasteiger partial charge in [0.05, 0.1) is 0 Å². The molecular formula is C6H12N2S. The van der Waals surface area contributed by atoms with Crippen LogP contribution in [-0.2, 0) is 0 Å². The molecule has 2 nitrogen and oxygen atoms in total. The third-order valence-electron chi connectivity index (χ3n) is 0.758. The van der Waals surface area contributed by atoms with E-state index in [0.717, 1.165) is 4.91 Å². The van der Waals surface area contributed by atoms with E-state index in [1.165, 1.54) is 11.9 Å². The second-order valence-electron chi connectivity index (χ2n) is 2.20. The maximum Gasteiger partial charge on any atom is 0.0284 e. The van der Waals surface area contributed by atoms with Crippen molar-refractivity contribution in [2.45, 2.75) is 20.8 Å². The van der Waals surface area contributed by atoms with E-state index in [0.29, 0.717) is 5.92 Å². The summed E-state index contributed by atoms with van der Waals surface area (Å²) in [6.07, 6.45) is 2.09. The van der Waals surface area contributed by atoms with E-state index in [9.17, 15) is 0 Å². The highest BCUT2D eigenvalue weighted by Crippen LogP contribution is 2.16. The van der Waals surface area contributed by atoms with Crippen LogP contribution < -0.4 is 0 Å². The number of hydrogen-bond donors (Lipinski definition) is 1. The zero-order valence-corrected chi connectivity index (χ0v) is 6.83. The molecule has 0 amide bonds. The van der Waals surface area contributed by atoms with E-state index in [-0.39, 0.29) is 0 Å². The molecule has 0 fully saturated rings. The zero-order valence-electron chi connectivity index (χ0n) is 6.01. The van der Waals surface area contributed by atoms with Crippen LogP contribution in [0.5, 0.6) is 0 Å². The Morgan fingerprint density at radius 1 is 1.67 bits per heavy atom. The van der Waals surface area contributed by atoms with E-state index in [2.05, 4.69) is 24.4 Å². The van der Waals surface area contributed by atoms with Crippen LogP contribution in [0.3, 0.4) is 0 Å². The molecule has 0 saturated heterocycles. The summed E-state index contributed by atoms with van der Waals surface area (Å²) in [4.78, 5) is 1.10. The monoisotopic (exact) mass is 144 g/mol. The summed E-state index contributed by atoms with van der Waals surface area (Å²) in [6, 6.07) is 0. The molecule has 1 N–H and O–H groups in total. The van der Waals surface area contributed by atoms with Crippen molar-refractivity contribution < 1.29 is 0 Å². The van der Waals surface area contributed by atoms with Crippen LogP contribution in [-0.4, -0.2) is 0 Å². The Balaban J connectivity index is 3.68. The topological polar surface area (TPSA) is 36.2 Å². The first-order valence-corrected chi connectivity index (χ1v) is 3.66. The molecule has 0 bridgehead atoms. The molecule has 0 atom stereocenters. The van der Waals surface area contributed by atoms with Gasteiger partial charge in [-0.2, -0.15) is 5.53 Å². The van der Waals surface area contributed by atoms with Crippen molar-refractivity contribution in [2.75, 3.05) is 0 Å². The van der Waals surface area contributed by atoms with E-state index in [1.54, 1.807) is 0 Å². The summed E-state index contributed by atoms with van der Waals surface area (Å²) >= 11 is 1.21. The Kier molecular flexibility index (Phi) is 4.40. The fourth-order valence-corrected chi connectivity index (χ4v) is 1.05. The first-order chi connectivity index (χ1) is 4.16. The summed E-state index contributed by atoms with van der Waals surface area (Å²) in [5.74, 6) is 0.555.